The van der Waals surface area contributed by atoms with Gasteiger partial charge in [0.15, 0.2) is 17.9 Å². The van der Waals surface area contributed by atoms with E-state index in [1.807, 2.05) is 0 Å². The van der Waals surface area contributed by atoms with E-state index in [1.54, 1.807) is 0 Å². The van der Waals surface area contributed by atoms with E-state index < -0.39 is 11.8 Å². The van der Waals surface area contributed by atoms with Crippen molar-refractivity contribution in [3.63, 3.8) is 0 Å². The van der Waals surface area contributed by atoms with Crippen LogP contribution in [0.15, 0.2) is 23.6 Å². The van der Waals surface area contributed by atoms with Crippen molar-refractivity contribution < 1.29 is 24.5 Å². The van der Waals surface area contributed by atoms with Crippen LogP contribution in [0, 0.1) is 5.82 Å². The SMILES string of the molecule is CN(C)/N=C(C=O)\C(=C\C(O)(O)O)c1ncc(F)cn1. The third-order valence-corrected chi connectivity index (χ3v) is 1.89. The molecule has 0 fully saturated rings. The minimum absolute atomic E-state index is 0.208. The first-order valence-electron chi connectivity index (χ1n) is 5.32. The Labute approximate surface area is 113 Å². The summed E-state index contributed by atoms with van der Waals surface area (Å²) in [7, 11) is 3.05. The zero-order chi connectivity index (χ0) is 15.3. The molecule has 0 saturated heterocycles. The Morgan fingerprint density at radius 1 is 1.35 bits per heavy atom. The summed E-state index contributed by atoms with van der Waals surface area (Å²) < 4.78 is 12.8. The van der Waals surface area contributed by atoms with Gasteiger partial charge < -0.3 is 20.3 Å². The van der Waals surface area contributed by atoms with E-state index in [4.69, 9.17) is 15.3 Å². The predicted molar refractivity (Wildman–Crippen MR) is 66.5 cm³/mol. The molecule has 0 saturated carbocycles. The summed E-state index contributed by atoms with van der Waals surface area (Å²) in [6, 6.07) is 0. The third kappa shape index (κ3) is 4.80. The number of halogens is 1. The quantitative estimate of drug-likeness (QED) is 0.267. The van der Waals surface area contributed by atoms with E-state index in [0.717, 1.165) is 12.4 Å². The molecular weight excluding hydrogens is 271 g/mol. The smallest absolute Gasteiger partial charge is 0.298 e. The first kappa shape index (κ1) is 15.8. The molecule has 8 nitrogen and oxygen atoms in total. The number of rotatable bonds is 5. The summed E-state index contributed by atoms with van der Waals surface area (Å²) in [5.41, 5.74) is -0.538. The Balaban J connectivity index is 3.39. The number of aromatic nitrogens is 2. The first-order valence-corrected chi connectivity index (χ1v) is 5.32. The standard InChI is InChI=1S/C11H13FN4O4/c1-16(2)15-9(6-17)8(3-11(18,19)20)10-13-4-7(12)5-14-10/h3-6,18-20H,1-2H3/b8-3-,15-9-. The van der Waals surface area contributed by atoms with Gasteiger partial charge in [-0.3, -0.25) is 4.79 Å². The summed E-state index contributed by atoms with van der Waals surface area (Å²) in [6.45, 7) is 0. The van der Waals surface area contributed by atoms with Crippen LogP contribution in [0.4, 0.5) is 4.39 Å². The van der Waals surface area contributed by atoms with Gasteiger partial charge in [0, 0.05) is 20.2 Å². The number of aldehydes is 1. The molecule has 20 heavy (non-hydrogen) atoms. The summed E-state index contributed by atoms with van der Waals surface area (Å²) in [5, 5.41) is 32.1. The Kier molecular flexibility index (Phi) is 4.97. The van der Waals surface area contributed by atoms with Crippen molar-refractivity contribution in [3.05, 3.63) is 30.1 Å². The van der Waals surface area contributed by atoms with Crippen molar-refractivity contribution >= 4 is 17.6 Å². The number of hydrazone groups is 1. The number of allylic oxidation sites excluding steroid dienone is 1. The topological polar surface area (TPSA) is 119 Å². The maximum absolute atomic E-state index is 12.8. The lowest BCUT2D eigenvalue weighted by atomic mass is 10.1. The lowest BCUT2D eigenvalue weighted by Gasteiger charge is -2.13. The second kappa shape index (κ2) is 6.28. The minimum Gasteiger partial charge on any atom is -0.340 e. The number of carbonyl (C=O) groups excluding carboxylic acids is 1. The number of carbonyl (C=O) groups is 1. The van der Waals surface area contributed by atoms with E-state index in [0.29, 0.717) is 12.4 Å². The number of aliphatic hydroxyl groups is 3. The summed E-state index contributed by atoms with van der Waals surface area (Å²) in [4.78, 5) is 18.2. The fraction of sp³-hybridized carbons (Fsp3) is 0.273. The predicted octanol–water partition coefficient (Wildman–Crippen LogP) is -1.25. The zero-order valence-electron chi connectivity index (χ0n) is 10.7. The molecule has 1 aromatic heterocycles. The Morgan fingerprint density at radius 2 is 1.90 bits per heavy atom. The van der Waals surface area contributed by atoms with Gasteiger partial charge in [0.25, 0.3) is 5.97 Å². The number of hydrogen-bond donors (Lipinski definition) is 3. The molecule has 3 N–H and O–H groups in total. The Morgan fingerprint density at radius 3 is 2.30 bits per heavy atom. The highest BCUT2D eigenvalue weighted by atomic mass is 19.1. The molecular formula is C11H13FN4O4. The molecule has 1 heterocycles. The van der Waals surface area contributed by atoms with Crippen molar-refractivity contribution in [2.75, 3.05) is 14.1 Å². The van der Waals surface area contributed by atoms with Gasteiger partial charge in [0.1, 0.15) is 5.71 Å². The maximum atomic E-state index is 12.8. The number of hydrogen-bond acceptors (Lipinski definition) is 8. The van der Waals surface area contributed by atoms with Crippen LogP contribution in [0.5, 0.6) is 0 Å². The largest absolute Gasteiger partial charge is 0.340 e. The Bertz CT molecular complexity index is 534. The maximum Gasteiger partial charge on any atom is 0.298 e. The van der Waals surface area contributed by atoms with Gasteiger partial charge in [-0.05, 0) is 0 Å². The van der Waals surface area contributed by atoms with Crippen LogP contribution in [-0.4, -0.2) is 62.4 Å². The summed E-state index contributed by atoms with van der Waals surface area (Å²) >= 11 is 0. The molecule has 108 valence electrons. The van der Waals surface area contributed by atoms with Crippen molar-refractivity contribution in [2.45, 2.75) is 5.97 Å². The zero-order valence-corrected chi connectivity index (χ0v) is 10.7. The molecule has 0 radical (unpaired) electrons. The first-order chi connectivity index (χ1) is 9.23. The summed E-state index contributed by atoms with van der Waals surface area (Å²) in [5.74, 6) is -4.13. The normalized spacial score (nSPS) is 13.3. The molecule has 0 aliphatic heterocycles. The molecule has 0 amide bonds. The highest BCUT2D eigenvalue weighted by molar-refractivity contribution is 6.48. The van der Waals surface area contributed by atoms with E-state index in [2.05, 4.69) is 15.1 Å². The van der Waals surface area contributed by atoms with Crippen LogP contribution in [-0.2, 0) is 4.79 Å². The molecule has 0 aliphatic rings. The Hall–Kier alpha value is -2.23. The van der Waals surface area contributed by atoms with Gasteiger partial charge in [0.2, 0.25) is 0 Å². The van der Waals surface area contributed by atoms with Crippen molar-refractivity contribution in [1.82, 2.24) is 15.0 Å². The lowest BCUT2D eigenvalue weighted by molar-refractivity contribution is -0.272. The van der Waals surface area contributed by atoms with Gasteiger partial charge in [-0.15, -0.1) is 0 Å². The average Bonchev–Trinajstić information content (AvgIpc) is 2.33. The summed E-state index contributed by atoms with van der Waals surface area (Å²) in [6.07, 6.45) is 2.46. The second-order valence-corrected chi connectivity index (χ2v) is 3.92. The van der Waals surface area contributed by atoms with Crippen molar-refractivity contribution in [2.24, 2.45) is 5.10 Å². The lowest BCUT2D eigenvalue weighted by Crippen LogP contribution is -2.26. The van der Waals surface area contributed by atoms with Crippen molar-refractivity contribution in [3.8, 4) is 0 Å². The molecule has 0 spiro atoms. The molecule has 9 heteroatoms. The molecule has 1 aromatic rings. The monoisotopic (exact) mass is 284 g/mol. The van der Waals surface area contributed by atoms with Gasteiger partial charge in [0.05, 0.1) is 18.0 Å². The van der Waals surface area contributed by atoms with E-state index in [1.165, 1.54) is 19.1 Å². The van der Waals surface area contributed by atoms with Gasteiger partial charge in [-0.25, -0.2) is 14.4 Å². The minimum atomic E-state index is -3.21. The van der Waals surface area contributed by atoms with Gasteiger partial charge >= 0.3 is 0 Å². The number of nitrogens with zero attached hydrogens (tertiary/aromatic N) is 4. The molecule has 0 bridgehead atoms. The average molecular weight is 284 g/mol. The van der Waals surface area contributed by atoms with E-state index >= 15 is 0 Å². The van der Waals surface area contributed by atoms with Crippen LogP contribution in [0.2, 0.25) is 0 Å². The van der Waals surface area contributed by atoms with Crippen LogP contribution >= 0.6 is 0 Å². The molecule has 0 aromatic carbocycles. The van der Waals surface area contributed by atoms with E-state index in [9.17, 15) is 9.18 Å². The molecule has 0 atom stereocenters. The molecule has 0 aliphatic carbocycles. The van der Waals surface area contributed by atoms with Crippen LogP contribution in [0.1, 0.15) is 5.82 Å². The van der Waals surface area contributed by atoms with Crippen molar-refractivity contribution in [1.29, 1.82) is 0 Å². The van der Waals surface area contributed by atoms with Crippen LogP contribution in [0.3, 0.4) is 0 Å². The molecule has 0 unspecified atom stereocenters. The van der Waals surface area contributed by atoms with Gasteiger partial charge in [-0.2, -0.15) is 5.10 Å². The second-order valence-electron chi connectivity index (χ2n) is 3.92. The molecule has 1 rings (SSSR count). The van der Waals surface area contributed by atoms with Crippen LogP contribution in [0.25, 0.3) is 5.57 Å². The fourth-order valence-electron chi connectivity index (χ4n) is 1.25. The fourth-order valence-corrected chi connectivity index (χ4v) is 1.25. The van der Waals surface area contributed by atoms with E-state index in [-0.39, 0.29) is 17.1 Å². The van der Waals surface area contributed by atoms with Crippen LogP contribution < -0.4 is 0 Å². The highest BCUT2D eigenvalue weighted by Gasteiger charge is 2.22. The van der Waals surface area contributed by atoms with Gasteiger partial charge in [-0.1, -0.05) is 0 Å². The third-order valence-electron chi connectivity index (χ3n) is 1.89. The highest BCUT2D eigenvalue weighted by Crippen LogP contribution is 2.15.